The molecule has 0 unspecified atom stereocenters. The van der Waals surface area contributed by atoms with Gasteiger partial charge < -0.3 is 11.1 Å². The molecule has 0 radical (unpaired) electrons. The average Bonchev–Trinajstić information content (AvgIpc) is 2.78. The Kier molecular flexibility index (Phi) is 3.93. The molecule has 0 spiro atoms. The van der Waals surface area contributed by atoms with Gasteiger partial charge in [0, 0.05) is 12.6 Å². The van der Waals surface area contributed by atoms with Gasteiger partial charge in [-0.1, -0.05) is 13.3 Å². The van der Waals surface area contributed by atoms with Crippen molar-refractivity contribution in [2.24, 2.45) is 7.05 Å². The molecule has 116 valence electrons. The smallest absolute Gasteiger partial charge is 0.240 e. The van der Waals surface area contributed by atoms with E-state index in [4.69, 9.17) is 5.73 Å². The fourth-order valence-electron chi connectivity index (χ4n) is 2.42. The molecule has 2 rings (SSSR count). The lowest BCUT2D eigenvalue weighted by Gasteiger charge is -2.20. The fraction of sp³-hybridized carbons (Fsp3) is 0.643. The minimum Gasteiger partial charge on any atom is -0.369 e. The predicted molar refractivity (Wildman–Crippen MR) is 82.8 cm³/mol. The number of aryl methyl sites for hydroxylation is 2. The Balaban J connectivity index is 2.36. The molecular weight excluding hydrogens is 268 g/mol. The van der Waals surface area contributed by atoms with E-state index >= 15 is 0 Å². The summed E-state index contributed by atoms with van der Waals surface area (Å²) in [4.78, 5) is 16.5. The van der Waals surface area contributed by atoms with Gasteiger partial charge in [0.2, 0.25) is 11.9 Å². The van der Waals surface area contributed by atoms with E-state index in [1.165, 1.54) is 0 Å². The number of amides is 1. The Morgan fingerprint density at radius 2 is 2.05 bits per heavy atom. The number of nitrogens with zero attached hydrogens (tertiary/aromatic N) is 4. The van der Waals surface area contributed by atoms with Gasteiger partial charge in [-0.3, -0.25) is 14.0 Å². The minimum atomic E-state index is -0.272. The normalized spacial score (nSPS) is 12.0. The number of aromatic nitrogens is 4. The molecule has 0 saturated heterocycles. The number of hydrogen-bond acceptors (Lipinski definition) is 4. The lowest BCUT2D eigenvalue weighted by Crippen LogP contribution is -2.42. The number of nitrogens with two attached hydrogens (primary N) is 1. The monoisotopic (exact) mass is 292 g/mol. The van der Waals surface area contributed by atoms with Crippen LogP contribution >= 0.6 is 0 Å². The summed E-state index contributed by atoms with van der Waals surface area (Å²) in [5, 5.41) is 7.40. The molecule has 7 nitrogen and oxygen atoms in total. The number of nitrogen functional groups attached to an aromatic ring is 1. The van der Waals surface area contributed by atoms with Crippen molar-refractivity contribution in [3.05, 3.63) is 5.69 Å². The summed E-state index contributed by atoms with van der Waals surface area (Å²) in [5.41, 5.74) is 8.21. The third-order valence-electron chi connectivity index (χ3n) is 3.12. The lowest BCUT2D eigenvalue weighted by molar-refractivity contribution is -0.123. The van der Waals surface area contributed by atoms with Crippen LogP contribution in [0.4, 0.5) is 5.95 Å². The van der Waals surface area contributed by atoms with E-state index in [0.29, 0.717) is 5.95 Å². The highest BCUT2D eigenvalue weighted by Crippen LogP contribution is 2.21. The quantitative estimate of drug-likeness (QED) is 0.886. The molecule has 0 aromatic carbocycles. The lowest BCUT2D eigenvalue weighted by atomic mass is 10.1. The second-order valence-electron chi connectivity index (χ2n) is 6.35. The molecule has 0 atom stereocenters. The fourth-order valence-corrected chi connectivity index (χ4v) is 2.42. The first-order chi connectivity index (χ1) is 9.73. The highest BCUT2D eigenvalue weighted by molar-refractivity contribution is 5.82. The van der Waals surface area contributed by atoms with Crippen molar-refractivity contribution >= 4 is 23.0 Å². The van der Waals surface area contributed by atoms with Crippen LogP contribution < -0.4 is 11.1 Å². The molecule has 2 aromatic rings. The van der Waals surface area contributed by atoms with Crippen molar-refractivity contribution in [1.29, 1.82) is 0 Å². The number of nitrogens with one attached hydrogen (secondary N) is 1. The van der Waals surface area contributed by atoms with Crippen LogP contribution in [0.5, 0.6) is 0 Å². The minimum absolute atomic E-state index is 0.0910. The van der Waals surface area contributed by atoms with Gasteiger partial charge in [0.15, 0.2) is 5.65 Å². The Hall–Kier alpha value is -2.05. The van der Waals surface area contributed by atoms with Crippen LogP contribution in [0.2, 0.25) is 0 Å². The number of carbonyl (C=O) groups is 1. The third-order valence-corrected chi connectivity index (χ3v) is 3.12. The Labute approximate surface area is 124 Å². The Bertz CT molecular complexity index is 661. The standard InChI is InChI=1S/C14H24N6O/c1-6-7-9-11-12(19(5)18-9)20(13(15)16-11)8-10(21)17-14(2,3)4/h6-8H2,1-5H3,(H2,15,16)(H,17,21). The van der Waals surface area contributed by atoms with E-state index in [0.717, 1.165) is 29.7 Å². The van der Waals surface area contributed by atoms with Gasteiger partial charge in [-0.15, -0.1) is 0 Å². The molecule has 0 aliphatic carbocycles. The van der Waals surface area contributed by atoms with Crippen molar-refractivity contribution in [3.8, 4) is 0 Å². The first-order valence-electron chi connectivity index (χ1n) is 7.21. The SMILES string of the molecule is CCCc1nn(C)c2c1nc(N)n2CC(=O)NC(C)(C)C. The van der Waals surface area contributed by atoms with Crippen LogP contribution in [0.15, 0.2) is 0 Å². The molecule has 0 bridgehead atoms. The molecule has 0 fully saturated rings. The maximum atomic E-state index is 12.1. The average molecular weight is 292 g/mol. The first kappa shape index (κ1) is 15.3. The van der Waals surface area contributed by atoms with Crippen LogP contribution in [0.1, 0.15) is 39.8 Å². The molecule has 0 aliphatic heterocycles. The number of rotatable bonds is 4. The summed E-state index contributed by atoms with van der Waals surface area (Å²) in [7, 11) is 1.85. The number of anilines is 1. The number of imidazole rings is 1. The van der Waals surface area contributed by atoms with E-state index in [2.05, 4.69) is 22.3 Å². The van der Waals surface area contributed by atoms with E-state index in [1.807, 2.05) is 27.8 Å². The summed E-state index contributed by atoms with van der Waals surface area (Å²) in [5.74, 6) is 0.256. The molecule has 0 saturated carbocycles. The topological polar surface area (TPSA) is 90.8 Å². The molecular formula is C14H24N6O. The van der Waals surface area contributed by atoms with Crippen LogP contribution in [0, 0.1) is 0 Å². The molecule has 0 aliphatic rings. The zero-order valence-electron chi connectivity index (χ0n) is 13.4. The highest BCUT2D eigenvalue weighted by atomic mass is 16.2. The summed E-state index contributed by atoms with van der Waals surface area (Å²) in [6, 6.07) is 0. The second kappa shape index (κ2) is 5.38. The Morgan fingerprint density at radius 1 is 1.38 bits per heavy atom. The molecule has 2 aromatic heterocycles. The maximum Gasteiger partial charge on any atom is 0.240 e. The molecule has 1 amide bonds. The van der Waals surface area contributed by atoms with Gasteiger partial charge in [0.05, 0.1) is 5.69 Å². The van der Waals surface area contributed by atoms with Crippen LogP contribution in [-0.4, -0.2) is 30.8 Å². The van der Waals surface area contributed by atoms with Crippen molar-refractivity contribution in [1.82, 2.24) is 24.6 Å². The molecule has 2 heterocycles. The number of hydrogen-bond donors (Lipinski definition) is 2. The van der Waals surface area contributed by atoms with Crippen molar-refractivity contribution < 1.29 is 4.79 Å². The van der Waals surface area contributed by atoms with E-state index < -0.39 is 0 Å². The number of carbonyl (C=O) groups excluding carboxylic acids is 1. The van der Waals surface area contributed by atoms with E-state index in [1.54, 1.807) is 9.25 Å². The van der Waals surface area contributed by atoms with Gasteiger partial charge >= 0.3 is 0 Å². The second-order valence-corrected chi connectivity index (χ2v) is 6.35. The molecule has 3 N–H and O–H groups in total. The van der Waals surface area contributed by atoms with E-state index in [9.17, 15) is 4.79 Å². The first-order valence-corrected chi connectivity index (χ1v) is 7.21. The van der Waals surface area contributed by atoms with Gasteiger partial charge in [0.25, 0.3) is 0 Å². The summed E-state index contributed by atoms with van der Waals surface area (Å²) in [6.45, 7) is 8.08. The van der Waals surface area contributed by atoms with Crippen LogP contribution in [0.25, 0.3) is 11.2 Å². The number of fused-ring (bicyclic) bond motifs is 1. The Morgan fingerprint density at radius 3 is 2.62 bits per heavy atom. The maximum absolute atomic E-state index is 12.1. The van der Waals surface area contributed by atoms with Gasteiger partial charge in [-0.2, -0.15) is 5.10 Å². The van der Waals surface area contributed by atoms with Crippen LogP contribution in [-0.2, 0) is 24.8 Å². The third kappa shape index (κ3) is 3.17. The highest BCUT2D eigenvalue weighted by Gasteiger charge is 2.20. The zero-order valence-corrected chi connectivity index (χ0v) is 13.4. The summed E-state index contributed by atoms with van der Waals surface area (Å²) in [6.07, 6.45) is 1.84. The van der Waals surface area contributed by atoms with Crippen LogP contribution in [0.3, 0.4) is 0 Å². The molecule has 7 heteroatoms. The summed E-state index contributed by atoms with van der Waals surface area (Å²) >= 11 is 0. The predicted octanol–water partition coefficient (Wildman–Crippen LogP) is 1.22. The zero-order chi connectivity index (χ0) is 15.8. The van der Waals surface area contributed by atoms with Gasteiger partial charge in [-0.05, 0) is 27.2 Å². The van der Waals surface area contributed by atoms with Gasteiger partial charge in [-0.25, -0.2) is 4.98 Å². The van der Waals surface area contributed by atoms with Crippen molar-refractivity contribution in [2.45, 2.75) is 52.6 Å². The van der Waals surface area contributed by atoms with Gasteiger partial charge in [0.1, 0.15) is 12.1 Å². The van der Waals surface area contributed by atoms with Crippen molar-refractivity contribution in [3.63, 3.8) is 0 Å². The largest absolute Gasteiger partial charge is 0.369 e. The summed E-state index contributed by atoms with van der Waals surface area (Å²) < 4.78 is 3.45. The van der Waals surface area contributed by atoms with Crippen molar-refractivity contribution in [2.75, 3.05) is 5.73 Å². The molecule has 21 heavy (non-hydrogen) atoms. The van der Waals surface area contributed by atoms with E-state index in [-0.39, 0.29) is 18.0 Å².